The summed E-state index contributed by atoms with van der Waals surface area (Å²) in [5, 5.41) is 0. The van der Waals surface area contributed by atoms with Crippen LogP contribution in [0, 0.1) is 5.92 Å². The Morgan fingerprint density at radius 3 is 2.44 bits per heavy atom. The van der Waals surface area contributed by atoms with E-state index in [1.54, 1.807) is 0 Å². The fraction of sp³-hybridized carbons (Fsp3) is 0.625. The van der Waals surface area contributed by atoms with Crippen LogP contribution in [0.25, 0.3) is 0 Å². The number of alkyl halides is 1. The first-order valence-electron chi connectivity index (χ1n) is 7.20. The second-order valence-corrected chi connectivity index (χ2v) is 5.77. The maximum Gasteiger partial charge on any atom is 0.0233 e. The molecule has 0 N–H and O–H groups in total. The van der Waals surface area contributed by atoms with Crippen molar-refractivity contribution < 1.29 is 0 Å². The molecule has 0 amide bonds. The van der Waals surface area contributed by atoms with Gasteiger partial charge in [-0.05, 0) is 43.8 Å². The second kappa shape index (κ2) is 7.81. The van der Waals surface area contributed by atoms with Crippen LogP contribution >= 0.6 is 11.6 Å². The van der Waals surface area contributed by atoms with Crippen molar-refractivity contribution in [2.45, 2.75) is 38.6 Å². The number of piperidine rings is 1. The van der Waals surface area contributed by atoms with Gasteiger partial charge in [0.25, 0.3) is 0 Å². The molecule has 1 aromatic rings. The van der Waals surface area contributed by atoms with E-state index in [9.17, 15) is 0 Å². The van der Waals surface area contributed by atoms with Crippen molar-refractivity contribution in [3.05, 3.63) is 35.9 Å². The van der Waals surface area contributed by atoms with Gasteiger partial charge in [-0.3, -0.25) is 4.90 Å². The van der Waals surface area contributed by atoms with E-state index in [4.69, 9.17) is 11.6 Å². The number of hydrogen-bond acceptors (Lipinski definition) is 1. The van der Waals surface area contributed by atoms with Crippen molar-refractivity contribution in [2.24, 2.45) is 5.92 Å². The molecule has 0 saturated carbocycles. The third-order valence-corrected chi connectivity index (χ3v) is 4.22. The van der Waals surface area contributed by atoms with Crippen LogP contribution in [-0.2, 0) is 6.54 Å². The van der Waals surface area contributed by atoms with Crippen molar-refractivity contribution >= 4 is 11.6 Å². The summed E-state index contributed by atoms with van der Waals surface area (Å²) in [5.41, 5.74) is 1.44. The van der Waals surface area contributed by atoms with Gasteiger partial charge < -0.3 is 0 Å². The standard InChI is InChI=1S/C16H24ClN/c17-11-5-4-6-15-9-12-18(13-10-15)14-16-7-2-1-3-8-16/h1-3,7-8,15H,4-6,9-14H2. The Morgan fingerprint density at radius 2 is 1.78 bits per heavy atom. The lowest BCUT2D eigenvalue weighted by atomic mass is 9.91. The van der Waals surface area contributed by atoms with Crippen molar-refractivity contribution in [3.8, 4) is 0 Å². The van der Waals surface area contributed by atoms with Crippen LogP contribution in [0.2, 0.25) is 0 Å². The maximum absolute atomic E-state index is 5.72. The molecule has 0 aliphatic carbocycles. The molecule has 1 aliphatic heterocycles. The third-order valence-electron chi connectivity index (χ3n) is 3.95. The van der Waals surface area contributed by atoms with Crippen LogP contribution < -0.4 is 0 Å². The number of unbranched alkanes of at least 4 members (excludes halogenated alkanes) is 1. The number of halogens is 1. The summed E-state index contributed by atoms with van der Waals surface area (Å²) in [6, 6.07) is 10.8. The molecule has 0 atom stereocenters. The Balaban J connectivity index is 1.67. The van der Waals surface area contributed by atoms with E-state index in [0.717, 1.165) is 18.3 Å². The van der Waals surface area contributed by atoms with Gasteiger partial charge in [0.2, 0.25) is 0 Å². The first kappa shape index (κ1) is 13.9. The summed E-state index contributed by atoms with van der Waals surface area (Å²) in [6.45, 7) is 3.65. The zero-order chi connectivity index (χ0) is 12.6. The van der Waals surface area contributed by atoms with Crippen LogP contribution in [0.4, 0.5) is 0 Å². The lowest BCUT2D eigenvalue weighted by Crippen LogP contribution is -2.33. The summed E-state index contributed by atoms with van der Waals surface area (Å²) < 4.78 is 0. The van der Waals surface area contributed by atoms with Gasteiger partial charge in [-0.2, -0.15) is 0 Å². The highest BCUT2D eigenvalue weighted by molar-refractivity contribution is 6.17. The molecule has 1 aromatic carbocycles. The monoisotopic (exact) mass is 265 g/mol. The van der Waals surface area contributed by atoms with Crippen LogP contribution in [0.5, 0.6) is 0 Å². The maximum atomic E-state index is 5.72. The smallest absolute Gasteiger partial charge is 0.0233 e. The van der Waals surface area contributed by atoms with Gasteiger partial charge in [0.15, 0.2) is 0 Å². The highest BCUT2D eigenvalue weighted by atomic mass is 35.5. The predicted molar refractivity (Wildman–Crippen MR) is 79.0 cm³/mol. The van der Waals surface area contributed by atoms with E-state index in [1.165, 1.54) is 50.8 Å². The molecule has 1 nitrogen and oxygen atoms in total. The van der Waals surface area contributed by atoms with E-state index in [1.807, 2.05) is 0 Å². The molecule has 2 rings (SSSR count). The SMILES string of the molecule is ClCCCCC1CCN(Cc2ccccc2)CC1. The summed E-state index contributed by atoms with van der Waals surface area (Å²) in [4.78, 5) is 2.59. The molecule has 0 unspecified atom stereocenters. The van der Waals surface area contributed by atoms with Gasteiger partial charge >= 0.3 is 0 Å². The molecule has 100 valence electrons. The first-order chi connectivity index (χ1) is 8.88. The van der Waals surface area contributed by atoms with E-state index in [2.05, 4.69) is 35.2 Å². The van der Waals surface area contributed by atoms with Gasteiger partial charge in [0, 0.05) is 12.4 Å². The molecule has 0 aromatic heterocycles. The van der Waals surface area contributed by atoms with Crippen LogP contribution in [0.15, 0.2) is 30.3 Å². The van der Waals surface area contributed by atoms with Crippen molar-refractivity contribution in [1.82, 2.24) is 4.90 Å². The minimum Gasteiger partial charge on any atom is -0.299 e. The summed E-state index contributed by atoms with van der Waals surface area (Å²) >= 11 is 5.72. The Hall–Kier alpha value is -0.530. The number of rotatable bonds is 6. The highest BCUT2D eigenvalue weighted by Crippen LogP contribution is 2.23. The van der Waals surface area contributed by atoms with Crippen LogP contribution in [-0.4, -0.2) is 23.9 Å². The molecule has 18 heavy (non-hydrogen) atoms. The number of nitrogens with zero attached hydrogens (tertiary/aromatic N) is 1. The molecule has 0 bridgehead atoms. The average molecular weight is 266 g/mol. The largest absolute Gasteiger partial charge is 0.299 e. The number of hydrogen-bond donors (Lipinski definition) is 0. The van der Waals surface area contributed by atoms with Gasteiger partial charge in [0.05, 0.1) is 0 Å². The fourth-order valence-electron chi connectivity index (χ4n) is 2.80. The Bertz CT molecular complexity index is 317. The zero-order valence-electron chi connectivity index (χ0n) is 11.2. The van der Waals surface area contributed by atoms with E-state index < -0.39 is 0 Å². The molecule has 1 heterocycles. The van der Waals surface area contributed by atoms with E-state index in [-0.39, 0.29) is 0 Å². The quantitative estimate of drug-likeness (QED) is 0.547. The molecule has 0 spiro atoms. The molecule has 1 aliphatic rings. The molecule has 1 fully saturated rings. The van der Waals surface area contributed by atoms with Crippen molar-refractivity contribution in [1.29, 1.82) is 0 Å². The van der Waals surface area contributed by atoms with Gasteiger partial charge in [0.1, 0.15) is 0 Å². The molecular weight excluding hydrogens is 242 g/mol. The van der Waals surface area contributed by atoms with Crippen molar-refractivity contribution in [3.63, 3.8) is 0 Å². The highest BCUT2D eigenvalue weighted by Gasteiger charge is 2.18. The fourth-order valence-corrected chi connectivity index (χ4v) is 2.99. The lowest BCUT2D eigenvalue weighted by molar-refractivity contribution is 0.171. The van der Waals surface area contributed by atoms with Gasteiger partial charge in [-0.1, -0.05) is 43.2 Å². The third kappa shape index (κ3) is 4.62. The summed E-state index contributed by atoms with van der Waals surface area (Å²) in [6.07, 6.45) is 6.62. The van der Waals surface area contributed by atoms with Crippen LogP contribution in [0.1, 0.15) is 37.7 Å². The Labute approximate surface area is 116 Å². The lowest BCUT2D eigenvalue weighted by Gasteiger charge is -2.32. The van der Waals surface area contributed by atoms with Crippen molar-refractivity contribution in [2.75, 3.05) is 19.0 Å². The molecule has 0 radical (unpaired) electrons. The summed E-state index contributed by atoms with van der Waals surface area (Å²) in [5.74, 6) is 1.77. The minimum absolute atomic E-state index is 0.826. The number of benzene rings is 1. The zero-order valence-corrected chi connectivity index (χ0v) is 11.9. The molecule has 2 heteroatoms. The number of likely N-dealkylation sites (tertiary alicyclic amines) is 1. The van der Waals surface area contributed by atoms with Gasteiger partial charge in [-0.25, -0.2) is 0 Å². The van der Waals surface area contributed by atoms with E-state index in [0.29, 0.717) is 0 Å². The second-order valence-electron chi connectivity index (χ2n) is 5.39. The Kier molecular flexibility index (Phi) is 6.02. The molecular formula is C16H24ClN. The molecule has 1 saturated heterocycles. The van der Waals surface area contributed by atoms with Gasteiger partial charge in [-0.15, -0.1) is 11.6 Å². The van der Waals surface area contributed by atoms with E-state index >= 15 is 0 Å². The Morgan fingerprint density at radius 1 is 1.06 bits per heavy atom. The minimum atomic E-state index is 0.826. The topological polar surface area (TPSA) is 3.24 Å². The average Bonchev–Trinajstić information content (AvgIpc) is 2.42. The summed E-state index contributed by atoms with van der Waals surface area (Å²) in [7, 11) is 0. The predicted octanol–water partition coefficient (Wildman–Crippen LogP) is 4.31. The normalized spacial score (nSPS) is 18.1. The van der Waals surface area contributed by atoms with Crippen LogP contribution in [0.3, 0.4) is 0 Å². The first-order valence-corrected chi connectivity index (χ1v) is 7.74.